The number of pyridine rings is 1. The predicted octanol–water partition coefficient (Wildman–Crippen LogP) is 6.82. The number of halogens is 1. The summed E-state index contributed by atoms with van der Waals surface area (Å²) in [6, 6.07) is 13.4. The molecular weight excluding hydrogens is 600 g/mol. The van der Waals surface area contributed by atoms with Crippen molar-refractivity contribution in [2.75, 3.05) is 11.4 Å². The first-order chi connectivity index (χ1) is 18.4. The van der Waals surface area contributed by atoms with Crippen LogP contribution < -0.4 is 10.2 Å². The first kappa shape index (κ1) is 25.6. The Hall–Kier alpha value is -2.70. The van der Waals surface area contributed by atoms with Crippen molar-refractivity contribution in [1.82, 2.24) is 19.7 Å². The fraction of sp³-hybridized carbons (Fsp3) is 0.290. The van der Waals surface area contributed by atoms with Gasteiger partial charge in [-0.15, -0.1) is 9.24 Å². The number of anilines is 1. The number of aryl methyl sites for hydroxylation is 4. The molecule has 0 bridgehead atoms. The van der Waals surface area contributed by atoms with Crippen LogP contribution in [-0.4, -0.2) is 26.3 Å². The van der Waals surface area contributed by atoms with Crippen LogP contribution in [0, 0.1) is 17.4 Å². The minimum Gasteiger partial charge on any atom is -0.361 e. The molecule has 1 N–H and O–H groups in total. The van der Waals surface area contributed by atoms with Crippen molar-refractivity contribution in [2.24, 2.45) is 0 Å². The van der Waals surface area contributed by atoms with Gasteiger partial charge in [-0.1, -0.05) is 32.0 Å². The van der Waals surface area contributed by atoms with Gasteiger partial charge < -0.3 is 9.88 Å². The van der Waals surface area contributed by atoms with Gasteiger partial charge in [-0.05, 0) is 89.7 Å². The predicted molar refractivity (Wildman–Crippen MR) is 170 cm³/mol. The normalized spacial score (nSPS) is 13.4. The van der Waals surface area contributed by atoms with Crippen molar-refractivity contribution in [3.8, 4) is 16.9 Å². The van der Waals surface area contributed by atoms with Crippen LogP contribution in [-0.2, 0) is 25.8 Å². The molecule has 0 saturated carbocycles. The van der Waals surface area contributed by atoms with Crippen LogP contribution in [0.1, 0.15) is 47.4 Å². The number of nitrogens with one attached hydrogen (secondary N) is 1. The number of nitrogens with zero attached hydrogens (tertiary/aromatic N) is 4. The molecule has 3 aromatic heterocycles. The first-order valence-electron chi connectivity index (χ1n) is 13.4. The fourth-order valence-corrected chi connectivity index (χ4v) is 7.45. The highest BCUT2D eigenvalue weighted by atomic mass is 127. The lowest BCUT2D eigenvalue weighted by molar-refractivity contribution is 0.707. The number of hydrogen-bond acceptors (Lipinski definition) is 3. The van der Waals surface area contributed by atoms with Gasteiger partial charge in [0.15, 0.2) is 0 Å². The van der Waals surface area contributed by atoms with E-state index in [2.05, 4.69) is 117 Å². The molecule has 0 radical (unpaired) electrons. The standard InChI is InChI=1S/C31H33IN5P/c1-5-20-8-7-9-21(6-2)29(20)37-30(27-22-10-12-33-28(22)19(4)15-24(27)32)23-17-36(13-11-25(23)35-37)31-26(38)14-18(3)16-34-31/h7-10,12,14-16,33H,5-6,11,13,17,38H2,1-4H3. The zero-order valence-electron chi connectivity index (χ0n) is 22.4. The van der Waals surface area contributed by atoms with Crippen molar-refractivity contribution in [1.29, 1.82) is 0 Å². The summed E-state index contributed by atoms with van der Waals surface area (Å²) in [6.45, 7) is 10.5. The van der Waals surface area contributed by atoms with Gasteiger partial charge in [-0.3, -0.25) is 0 Å². The van der Waals surface area contributed by atoms with Crippen LogP contribution in [0.5, 0.6) is 0 Å². The third-order valence-electron chi connectivity index (χ3n) is 7.77. The Labute approximate surface area is 240 Å². The molecule has 7 heteroatoms. The van der Waals surface area contributed by atoms with Gasteiger partial charge in [0.2, 0.25) is 0 Å². The van der Waals surface area contributed by atoms with Crippen LogP contribution >= 0.6 is 31.8 Å². The molecule has 0 amide bonds. The number of para-hydroxylation sites is 1. The van der Waals surface area contributed by atoms with Crippen LogP contribution in [0.4, 0.5) is 5.82 Å². The van der Waals surface area contributed by atoms with Crippen LogP contribution in [0.3, 0.4) is 0 Å². The number of fused-ring (bicyclic) bond motifs is 2. The van der Waals surface area contributed by atoms with Gasteiger partial charge in [0.05, 0.1) is 17.1 Å². The number of rotatable bonds is 5. The SMILES string of the molecule is CCc1cccc(CC)c1-n1nc2c(c1-c1c(I)cc(C)c3[nH]ccc13)CN(c1ncc(C)cc1P)CC2. The minimum absolute atomic E-state index is 0.785. The monoisotopic (exact) mass is 633 g/mol. The van der Waals surface area contributed by atoms with Gasteiger partial charge in [0, 0.05) is 62.8 Å². The zero-order chi connectivity index (χ0) is 26.6. The van der Waals surface area contributed by atoms with E-state index in [1.165, 1.54) is 64.9 Å². The van der Waals surface area contributed by atoms with Crippen LogP contribution in [0.25, 0.3) is 27.8 Å². The van der Waals surface area contributed by atoms with Gasteiger partial charge in [0.1, 0.15) is 5.82 Å². The third kappa shape index (κ3) is 4.17. The molecule has 4 heterocycles. The highest BCUT2D eigenvalue weighted by molar-refractivity contribution is 14.1. The lowest BCUT2D eigenvalue weighted by atomic mass is 9.96. The molecule has 1 aliphatic heterocycles. The summed E-state index contributed by atoms with van der Waals surface area (Å²) < 4.78 is 3.54. The van der Waals surface area contributed by atoms with Gasteiger partial charge in [-0.25, -0.2) is 9.67 Å². The summed E-state index contributed by atoms with van der Waals surface area (Å²) in [7, 11) is 2.89. The third-order valence-corrected chi connectivity index (χ3v) is 9.05. The number of aromatic amines is 1. The highest BCUT2D eigenvalue weighted by Gasteiger charge is 2.30. The average molecular weight is 634 g/mol. The molecule has 194 valence electrons. The van der Waals surface area contributed by atoms with Gasteiger partial charge >= 0.3 is 0 Å². The molecule has 1 unspecified atom stereocenters. The summed E-state index contributed by atoms with van der Waals surface area (Å²) >= 11 is 2.52. The molecule has 6 rings (SSSR count). The van der Waals surface area contributed by atoms with E-state index in [0.29, 0.717) is 0 Å². The molecule has 5 nitrogen and oxygen atoms in total. The molecule has 5 aromatic rings. The van der Waals surface area contributed by atoms with E-state index in [1.807, 2.05) is 6.20 Å². The lowest BCUT2D eigenvalue weighted by Gasteiger charge is -2.29. The fourth-order valence-electron chi connectivity index (χ4n) is 5.92. The Morgan fingerprint density at radius 2 is 1.84 bits per heavy atom. The molecule has 0 fully saturated rings. The molecule has 1 atom stereocenters. The van der Waals surface area contributed by atoms with Crippen molar-refractivity contribution in [2.45, 2.75) is 53.5 Å². The number of benzene rings is 2. The van der Waals surface area contributed by atoms with E-state index in [4.69, 9.17) is 10.1 Å². The Kier molecular flexibility index (Phi) is 6.81. The van der Waals surface area contributed by atoms with E-state index in [-0.39, 0.29) is 0 Å². The summed E-state index contributed by atoms with van der Waals surface area (Å²) in [6.07, 6.45) is 6.86. The van der Waals surface area contributed by atoms with E-state index < -0.39 is 0 Å². The second kappa shape index (κ2) is 10.1. The minimum atomic E-state index is 0.785. The number of hydrogen-bond donors (Lipinski definition) is 1. The lowest BCUT2D eigenvalue weighted by Crippen LogP contribution is -2.33. The summed E-state index contributed by atoms with van der Waals surface area (Å²) in [4.78, 5) is 10.7. The maximum Gasteiger partial charge on any atom is 0.136 e. The molecule has 0 saturated heterocycles. The van der Waals surface area contributed by atoms with Crippen molar-refractivity contribution >= 4 is 53.9 Å². The van der Waals surface area contributed by atoms with E-state index in [1.54, 1.807) is 0 Å². The Morgan fingerprint density at radius 1 is 1.08 bits per heavy atom. The highest BCUT2D eigenvalue weighted by Crippen LogP contribution is 2.41. The molecule has 0 spiro atoms. The summed E-state index contributed by atoms with van der Waals surface area (Å²) in [5.41, 5.74) is 12.5. The Bertz CT molecular complexity index is 1660. The number of aromatic nitrogens is 4. The topological polar surface area (TPSA) is 49.7 Å². The first-order valence-corrected chi connectivity index (χ1v) is 15.0. The molecule has 1 aliphatic rings. The zero-order valence-corrected chi connectivity index (χ0v) is 25.7. The van der Waals surface area contributed by atoms with Crippen LogP contribution in [0.15, 0.2) is 48.8 Å². The second-order valence-electron chi connectivity index (χ2n) is 10.2. The van der Waals surface area contributed by atoms with E-state index >= 15 is 0 Å². The van der Waals surface area contributed by atoms with Crippen molar-refractivity contribution in [3.05, 3.63) is 85.9 Å². The maximum atomic E-state index is 5.38. The smallest absolute Gasteiger partial charge is 0.136 e. The summed E-state index contributed by atoms with van der Waals surface area (Å²) in [5, 5.41) is 7.78. The van der Waals surface area contributed by atoms with Gasteiger partial charge in [-0.2, -0.15) is 5.10 Å². The Morgan fingerprint density at radius 3 is 2.55 bits per heavy atom. The number of H-pyrrole nitrogens is 1. The largest absolute Gasteiger partial charge is 0.361 e. The van der Waals surface area contributed by atoms with E-state index in [0.717, 1.165) is 43.5 Å². The Balaban J connectivity index is 1.65. The van der Waals surface area contributed by atoms with Gasteiger partial charge in [0.25, 0.3) is 0 Å². The van der Waals surface area contributed by atoms with Crippen LogP contribution in [0.2, 0.25) is 0 Å². The second-order valence-corrected chi connectivity index (χ2v) is 12.0. The van der Waals surface area contributed by atoms with Crippen molar-refractivity contribution < 1.29 is 0 Å². The van der Waals surface area contributed by atoms with E-state index in [9.17, 15) is 0 Å². The maximum absolute atomic E-state index is 5.38. The molecule has 2 aromatic carbocycles. The summed E-state index contributed by atoms with van der Waals surface area (Å²) in [5.74, 6) is 1.04. The molecule has 38 heavy (non-hydrogen) atoms. The van der Waals surface area contributed by atoms with Crippen molar-refractivity contribution in [3.63, 3.8) is 0 Å². The average Bonchev–Trinajstić information content (AvgIpc) is 3.54. The quantitative estimate of drug-likeness (QED) is 0.171. The molecule has 0 aliphatic carbocycles. The molecular formula is C31H33IN5P.